The number of aromatic nitrogens is 1. The van der Waals surface area contributed by atoms with Gasteiger partial charge in [0.25, 0.3) is 5.91 Å². The summed E-state index contributed by atoms with van der Waals surface area (Å²) in [6.45, 7) is 5.69. The van der Waals surface area contributed by atoms with Gasteiger partial charge in [0.2, 0.25) is 0 Å². The third kappa shape index (κ3) is 6.84. The molecule has 0 radical (unpaired) electrons. The minimum absolute atomic E-state index is 0.0363. The van der Waals surface area contributed by atoms with Gasteiger partial charge in [0, 0.05) is 24.2 Å². The third-order valence-electron chi connectivity index (χ3n) is 8.22. The van der Waals surface area contributed by atoms with Crippen molar-refractivity contribution in [2.24, 2.45) is 11.8 Å². The number of pyridine rings is 1. The number of hydrogen-bond donors (Lipinski definition) is 1. The fourth-order valence-corrected chi connectivity index (χ4v) is 5.61. The Balaban J connectivity index is 1.24. The number of aliphatic hydroxyl groups is 1. The van der Waals surface area contributed by atoms with Crippen molar-refractivity contribution in [3.8, 4) is 17.0 Å². The van der Waals surface area contributed by atoms with Crippen LogP contribution in [0, 0.1) is 11.8 Å². The lowest BCUT2D eigenvalue weighted by Crippen LogP contribution is -2.42. The number of amides is 1. The second kappa shape index (κ2) is 12.2. The summed E-state index contributed by atoms with van der Waals surface area (Å²) in [6, 6.07) is 11.4. The van der Waals surface area contributed by atoms with E-state index in [0.29, 0.717) is 56.4 Å². The molecule has 4 rings (SSSR count). The van der Waals surface area contributed by atoms with E-state index in [9.17, 15) is 14.3 Å². The van der Waals surface area contributed by atoms with E-state index in [0.717, 1.165) is 55.5 Å². The van der Waals surface area contributed by atoms with Crippen molar-refractivity contribution >= 4 is 5.91 Å². The quantitative estimate of drug-likeness (QED) is 0.433. The molecule has 2 aromatic rings. The van der Waals surface area contributed by atoms with Crippen molar-refractivity contribution < 1.29 is 19.0 Å². The first kappa shape index (κ1) is 26.6. The highest BCUT2D eigenvalue weighted by molar-refractivity contribution is 5.94. The number of ether oxygens (including phenoxy) is 1. The van der Waals surface area contributed by atoms with E-state index in [2.05, 4.69) is 4.98 Å². The highest BCUT2D eigenvalue weighted by Crippen LogP contribution is 2.38. The van der Waals surface area contributed by atoms with Gasteiger partial charge in [-0.15, -0.1) is 0 Å². The highest BCUT2D eigenvalue weighted by Gasteiger charge is 2.31. The van der Waals surface area contributed by atoms with Crippen LogP contribution >= 0.6 is 0 Å². The molecule has 6 heteroatoms. The number of hydrogen-bond acceptors (Lipinski definition) is 4. The fraction of sp³-hybridized carbons (Fsp3) is 0.600. The van der Waals surface area contributed by atoms with Gasteiger partial charge >= 0.3 is 0 Å². The van der Waals surface area contributed by atoms with E-state index in [1.807, 2.05) is 50.2 Å². The SMILES string of the molecule is CCC(F)(CC)CC1CCC(COc2ccc(-c3ccc(C(=O)N4CCCC(O)C4)cc3)nc2)CC1. The Morgan fingerprint density at radius 1 is 1.06 bits per heavy atom. The van der Waals surface area contributed by atoms with Crippen LogP contribution in [0.2, 0.25) is 0 Å². The van der Waals surface area contributed by atoms with Crippen LogP contribution in [0.1, 0.15) is 82.0 Å². The third-order valence-corrected chi connectivity index (χ3v) is 8.22. The summed E-state index contributed by atoms with van der Waals surface area (Å²) in [5, 5.41) is 9.84. The van der Waals surface area contributed by atoms with Gasteiger partial charge in [-0.25, -0.2) is 4.39 Å². The van der Waals surface area contributed by atoms with Crippen LogP contribution in [0.15, 0.2) is 42.6 Å². The molecule has 1 saturated carbocycles. The van der Waals surface area contributed by atoms with Crippen LogP contribution < -0.4 is 4.74 Å². The Bertz CT molecular complexity index is 967. The number of carbonyl (C=O) groups excluding carboxylic acids is 1. The van der Waals surface area contributed by atoms with Crippen LogP contribution in [0.4, 0.5) is 4.39 Å². The maximum atomic E-state index is 14.7. The Morgan fingerprint density at radius 3 is 2.36 bits per heavy atom. The average Bonchev–Trinajstić information content (AvgIpc) is 2.92. The Morgan fingerprint density at radius 2 is 1.75 bits per heavy atom. The summed E-state index contributed by atoms with van der Waals surface area (Å²) < 4.78 is 20.8. The molecule has 196 valence electrons. The van der Waals surface area contributed by atoms with Gasteiger partial charge in [-0.1, -0.05) is 26.0 Å². The molecule has 2 aliphatic rings. The second-order valence-electron chi connectivity index (χ2n) is 10.8. The first-order chi connectivity index (χ1) is 17.4. The summed E-state index contributed by atoms with van der Waals surface area (Å²) in [5.74, 6) is 1.74. The molecule has 1 aliphatic heterocycles. The number of alkyl halides is 1. The zero-order valence-electron chi connectivity index (χ0n) is 21.8. The fourth-order valence-electron chi connectivity index (χ4n) is 5.61. The number of nitrogens with zero attached hydrogens (tertiary/aromatic N) is 2. The molecule has 5 nitrogen and oxygen atoms in total. The molecule has 1 atom stereocenters. The monoisotopic (exact) mass is 496 g/mol. The van der Waals surface area contributed by atoms with Gasteiger partial charge in [-0.2, -0.15) is 0 Å². The van der Waals surface area contributed by atoms with Crippen molar-refractivity contribution in [3.63, 3.8) is 0 Å². The predicted octanol–water partition coefficient (Wildman–Crippen LogP) is 6.45. The summed E-state index contributed by atoms with van der Waals surface area (Å²) in [7, 11) is 0. The molecule has 1 N–H and O–H groups in total. The largest absolute Gasteiger partial charge is 0.492 e. The predicted molar refractivity (Wildman–Crippen MR) is 141 cm³/mol. The molecule has 0 spiro atoms. The van der Waals surface area contributed by atoms with E-state index in [1.54, 1.807) is 11.1 Å². The average molecular weight is 497 g/mol. The molecule has 2 fully saturated rings. The van der Waals surface area contributed by atoms with Crippen molar-refractivity contribution in [1.29, 1.82) is 0 Å². The lowest BCUT2D eigenvalue weighted by Gasteiger charge is -2.33. The number of halogens is 1. The number of β-amino-alcohol motifs (C(OH)–C–C–N with tert-alkyl or cyclic N) is 1. The van der Waals surface area contributed by atoms with Crippen molar-refractivity contribution in [1.82, 2.24) is 9.88 Å². The standard InChI is InChI=1S/C30H41FN2O3/c1-3-30(31,4-2)18-22-7-9-23(10-8-22)21-36-27-15-16-28(32-19-27)24-11-13-25(14-12-24)29(35)33-17-5-6-26(34)20-33/h11-16,19,22-23,26,34H,3-10,17-18,20-21H2,1-2H3. The topological polar surface area (TPSA) is 62.7 Å². The molecule has 1 aromatic carbocycles. The summed E-state index contributed by atoms with van der Waals surface area (Å²) in [6.07, 6.45) is 9.23. The van der Waals surface area contributed by atoms with Gasteiger partial charge in [-0.05, 0) is 93.9 Å². The van der Waals surface area contributed by atoms with Crippen molar-refractivity contribution in [2.45, 2.75) is 83.4 Å². The molecule has 1 aliphatic carbocycles. The number of carbonyl (C=O) groups is 1. The highest BCUT2D eigenvalue weighted by atomic mass is 19.1. The van der Waals surface area contributed by atoms with Crippen LogP contribution in [-0.4, -0.2) is 52.4 Å². The zero-order chi connectivity index (χ0) is 25.5. The number of rotatable bonds is 9. The molecule has 1 saturated heterocycles. The molecule has 2 heterocycles. The maximum absolute atomic E-state index is 14.7. The van der Waals surface area contributed by atoms with Crippen LogP contribution in [0.5, 0.6) is 5.75 Å². The first-order valence-electron chi connectivity index (χ1n) is 13.7. The van der Waals surface area contributed by atoms with Gasteiger partial charge in [-0.3, -0.25) is 9.78 Å². The molecule has 36 heavy (non-hydrogen) atoms. The zero-order valence-corrected chi connectivity index (χ0v) is 21.8. The first-order valence-corrected chi connectivity index (χ1v) is 13.7. The number of aliphatic hydroxyl groups excluding tert-OH is 1. The van der Waals surface area contributed by atoms with E-state index in [1.165, 1.54) is 0 Å². The van der Waals surface area contributed by atoms with Gasteiger partial charge in [0.15, 0.2) is 0 Å². The van der Waals surface area contributed by atoms with E-state index < -0.39 is 11.8 Å². The molecule has 0 bridgehead atoms. The second-order valence-corrected chi connectivity index (χ2v) is 10.8. The van der Waals surface area contributed by atoms with Gasteiger partial charge in [0.05, 0.1) is 24.6 Å². The number of likely N-dealkylation sites (tertiary alicyclic amines) is 1. The smallest absolute Gasteiger partial charge is 0.253 e. The molecule has 1 amide bonds. The summed E-state index contributed by atoms with van der Waals surface area (Å²) in [5.41, 5.74) is 1.41. The number of piperidine rings is 1. The van der Waals surface area contributed by atoms with E-state index in [4.69, 9.17) is 4.74 Å². The minimum atomic E-state index is -0.992. The van der Waals surface area contributed by atoms with E-state index >= 15 is 0 Å². The Kier molecular flexibility index (Phi) is 9.00. The number of benzene rings is 1. The lowest BCUT2D eigenvalue weighted by atomic mass is 9.76. The van der Waals surface area contributed by atoms with Crippen LogP contribution in [-0.2, 0) is 0 Å². The molecular weight excluding hydrogens is 455 g/mol. The van der Waals surface area contributed by atoms with Crippen LogP contribution in [0.25, 0.3) is 11.3 Å². The van der Waals surface area contributed by atoms with Crippen molar-refractivity contribution in [3.05, 3.63) is 48.2 Å². The molecular formula is C30H41FN2O3. The lowest BCUT2D eigenvalue weighted by molar-refractivity contribution is 0.0474. The molecule has 1 unspecified atom stereocenters. The van der Waals surface area contributed by atoms with Crippen LogP contribution in [0.3, 0.4) is 0 Å². The normalized spacial score (nSPS) is 22.9. The minimum Gasteiger partial charge on any atom is -0.492 e. The Hall–Kier alpha value is -2.47. The Labute approximate surface area is 215 Å². The summed E-state index contributed by atoms with van der Waals surface area (Å²) in [4.78, 5) is 19.0. The van der Waals surface area contributed by atoms with E-state index in [-0.39, 0.29) is 5.91 Å². The van der Waals surface area contributed by atoms with Crippen molar-refractivity contribution in [2.75, 3.05) is 19.7 Å². The maximum Gasteiger partial charge on any atom is 0.253 e. The van der Waals surface area contributed by atoms with Gasteiger partial charge < -0.3 is 14.7 Å². The molecule has 1 aromatic heterocycles. The summed E-state index contributed by atoms with van der Waals surface area (Å²) >= 11 is 0. The van der Waals surface area contributed by atoms with Gasteiger partial charge in [0.1, 0.15) is 11.4 Å².